The van der Waals surface area contributed by atoms with Crippen LogP contribution in [0.5, 0.6) is 0 Å². The Bertz CT molecular complexity index is 1370. The number of ether oxygens (including phenoxy) is 2. The average molecular weight is 561 g/mol. The summed E-state index contributed by atoms with van der Waals surface area (Å²) >= 11 is 0. The molecule has 4 rings (SSSR count). The molecular weight excluding hydrogens is 512 g/mol. The minimum atomic E-state index is -0.392. The second kappa shape index (κ2) is 14.7. The van der Waals surface area contributed by atoms with Crippen molar-refractivity contribution in [3.05, 3.63) is 78.2 Å². The van der Waals surface area contributed by atoms with Gasteiger partial charge in [0.2, 0.25) is 5.91 Å². The van der Waals surface area contributed by atoms with Crippen molar-refractivity contribution in [1.82, 2.24) is 4.57 Å². The molecule has 222 valence electrons. The fraction of sp³-hybridized carbons (Fsp3) is 0.429. The maximum atomic E-state index is 13.1. The molecule has 0 aliphatic heterocycles. The van der Waals surface area contributed by atoms with Crippen molar-refractivity contribution in [3.8, 4) is 11.1 Å². The number of carbonyl (C=O) groups excluding carboxylic acids is 2. The van der Waals surface area contributed by atoms with Crippen molar-refractivity contribution < 1.29 is 19.1 Å². The Morgan fingerprint density at radius 2 is 1.68 bits per heavy atom. The maximum absolute atomic E-state index is 13.1. The number of methoxy groups -OCH3 is 2. The monoisotopic (exact) mass is 560 g/mol. The van der Waals surface area contributed by atoms with Gasteiger partial charge in [0.15, 0.2) is 0 Å². The molecule has 0 spiro atoms. The van der Waals surface area contributed by atoms with Crippen LogP contribution in [-0.2, 0) is 26.2 Å². The Morgan fingerprint density at radius 1 is 1.07 bits per heavy atom. The van der Waals surface area contributed by atoms with Crippen LogP contribution in [0.25, 0.3) is 22.0 Å². The second-order valence-corrected chi connectivity index (χ2v) is 11.2. The largest absolute Gasteiger partial charge is 0.505 e. The molecule has 3 aromatic rings. The molecule has 1 aromatic heterocycles. The highest BCUT2D eigenvalue weighted by Crippen LogP contribution is 2.39. The number of nitrogens with zero attached hydrogens (tertiary/aromatic N) is 2. The first-order chi connectivity index (χ1) is 19.4. The minimum absolute atomic E-state index is 0.0245. The number of rotatable bonds is 7. The molecule has 0 radical (unpaired) electrons. The summed E-state index contributed by atoms with van der Waals surface area (Å²) in [5.74, 6) is -0.120. The zero-order valence-electron chi connectivity index (χ0n) is 26.6. The first-order valence-corrected chi connectivity index (χ1v) is 14.4. The molecule has 0 atom stereocenters. The van der Waals surface area contributed by atoms with Crippen molar-refractivity contribution in [3.63, 3.8) is 0 Å². The lowest BCUT2D eigenvalue weighted by Gasteiger charge is -2.19. The third kappa shape index (κ3) is 8.12. The summed E-state index contributed by atoms with van der Waals surface area (Å²) in [5, 5.41) is 0.915. The molecule has 1 heterocycles. The van der Waals surface area contributed by atoms with Crippen LogP contribution in [0.2, 0.25) is 0 Å². The Labute approximate surface area is 246 Å². The van der Waals surface area contributed by atoms with E-state index in [2.05, 4.69) is 56.4 Å². The van der Waals surface area contributed by atoms with Crippen LogP contribution in [0.3, 0.4) is 0 Å². The van der Waals surface area contributed by atoms with Crippen LogP contribution < -0.4 is 4.90 Å². The van der Waals surface area contributed by atoms with Gasteiger partial charge < -0.3 is 18.9 Å². The van der Waals surface area contributed by atoms with Gasteiger partial charge in [-0.2, -0.15) is 0 Å². The highest BCUT2D eigenvalue weighted by molar-refractivity contribution is 6.10. The molecule has 0 bridgehead atoms. The van der Waals surface area contributed by atoms with Gasteiger partial charge >= 0.3 is 5.97 Å². The second-order valence-electron chi connectivity index (χ2n) is 11.2. The molecule has 41 heavy (non-hydrogen) atoms. The number of hydrogen-bond acceptors (Lipinski definition) is 4. The van der Waals surface area contributed by atoms with E-state index in [0.29, 0.717) is 12.2 Å². The molecular formula is C35H48N2O4. The van der Waals surface area contributed by atoms with E-state index in [-0.39, 0.29) is 17.2 Å². The van der Waals surface area contributed by atoms with Gasteiger partial charge in [-0.3, -0.25) is 4.79 Å². The van der Waals surface area contributed by atoms with Gasteiger partial charge in [-0.25, -0.2) is 4.79 Å². The predicted octanol–water partition coefficient (Wildman–Crippen LogP) is 8.53. The van der Waals surface area contributed by atoms with Gasteiger partial charge in [-0.1, -0.05) is 77.1 Å². The molecule has 6 heteroatoms. The third-order valence-electron chi connectivity index (χ3n) is 6.81. The summed E-state index contributed by atoms with van der Waals surface area (Å²) in [6.07, 6.45) is 5.37. The zero-order chi connectivity index (χ0) is 30.9. The first-order valence-electron chi connectivity index (χ1n) is 14.4. The van der Waals surface area contributed by atoms with Gasteiger partial charge in [0.1, 0.15) is 5.69 Å². The molecule has 0 unspecified atom stereocenters. The normalized spacial score (nSPS) is 12.6. The molecule has 0 N–H and O–H groups in total. The summed E-state index contributed by atoms with van der Waals surface area (Å²) in [6.45, 7) is 19.0. The van der Waals surface area contributed by atoms with Crippen molar-refractivity contribution in [2.45, 2.75) is 73.3 Å². The highest BCUT2D eigenvalue weighted by atomic mass is 16.5. The Balaban J connectivity index is 0.000000759. The summed E-state index contributed by atoms with van der Waals surface area (Å²) in [7, 11) is 4.86. The van der Waals surface area contributed by atoms with E-state index >= 15 is 0 Å². The smallest absolute Gasteiger partial charge is 0.355 e. The summed E-state index contributed by atoms with van der Waals surface area (Å²) in [5.41, 5.74) is 6.16. The van der Waals surface area contributed by atoms with Crippen LogP contribution in [0.1, 0.15) is 77.4 Å². The average Bonchev–Trinajstić information content (AvgIpc) is 3.76. The number of fused-ring (bicyclic) bond motifs is 1. The van der Waals surface area contributed by atoms with Gasteiger partial charge in [0.25, 0.3) is 0 Å². The molecule has 1 amide bonds. The van der Waals surface area contributed by atoms with Crippen LogP contribution >= 0.6 is 0 Å². The Morgan fingerprint density at radius 3 is 2.12 bits per heavy atom. The number of aromatic nitrogens is 1. The van der Waals surface area contributed by atoms with Crippen LogP contribution in [-0.4, -0.2) is 37.7 Å². The highest BCUT2D eigenvalue weighted by Gasteiger charge is 2.33. The molecule has 1 saturated carbocycles. The number of benzene rings is 2. The van der Waals surface area contributed by atoms with Crippen LogP contribution in [0, 0.1) is 5.92 Å². The van der Waals surface area contributed by atoms with E-state index in [0.717, 1.165) is 46.1 Å². The summed E-state index contributed by atoms with van der Waals surface area (Å²) in [4.78, 5) is 27.6. The van der Waals surface area contributed by atoms with E-state index in [4.69, 9.17) is 4.74 Å². The molecule has 6 nitrogen and oxygen atoms in total. The minimum Gasteiger partial charge on any atom is -0.505 e. The number of allylic oxidation sites excluding steroid dienone is 2. The van der Waals surface area contributed by atoms with E-state index in [1.807, 2.05) is 63.6 Å². The van der Waals surface area contributed by atoms with Gasteiger partial charge in [0, 0.05) is 41.7 Å². The number of carbonyl (C=O) groups is 2. The van der Waals surface area contributed by atoms with E-state index < -0.39 is 5.97 Å². The Hall–Kier alpha value is -3.80. The molecule has 1 aliphatic carbocycles. The van der Waals surface area contributed by atoms with E-state index in [1.165, 1.54) is 12.7 Å². The van der Waals surface area contributed by atoms with E-state index in [1.54, 1.807) is 18.3 Å². The fourth-order valence-corrected chi connectivity index (χ4v) is 4.59. The summed E-state index contributed by atoms with van der Waals surface area (Å²) in [6, 6.07) is 14.3. The number of esters is 1. The van der Waals surface area contributed by atoms with Crippen molar-refractivity contribution in [1.29, 1.82) is 0 Å². The maximum Gasteiger partial charge on any atom is 0.355 e. The molecule has 2 aromatic carbocycles. The SMILES string of the molecule is C/C=C/OC.C=C(C)Cn1c(C(=O)OC)c(-c2ccc(C(C)(C)C)cc2)c2cc(N(C)C(=O)C3CC3)ccc21.CC. The third-order valence-corrected chi connectivity index (χ3v) is 6.81. The lowest BCUT2D eigenvalue weighted by molar-refractivity contribution is -0.119. The fourth-order valence-electron chi connectivity index (χ4n) is 4.59. The van der Waals surface area contributed by atoms with Crippen molar-refractivity contribution in [2.75, 3.05) is 26.2 Å². The van der Waals surface area contributed by atoms with Crippen molar-refractivity contribution >= 4 is 28.5 Å². The predicted molar refractivity (Wildman–Crippen MR) is 172 cm³/mol. The van der Waals surface area contributed by atoms with E-state index in [9.17, 15) is 9.59 Å². The first kappa shape index (κ1) is 33.4. The van der Waals surface area contributed by atoms with Crippen LogP contribution in [0.4, 0.5) is 5.69 Å². The number of hydrogen-bond donors (Lipinski definition) is 0. The Kier molecular flexibility index (Phi) is 12.0. The molecule has 1 aliphatic rings. The van der Waals surface area contributed by atoms with Crippen LogP contribution in [0.15, 0.2) is 67.0 Å². The molecule has 1 fully saturated rings. The molecule has 0 saturated heterocycles. The topological polar surface area (TPSA) is 60.8 Å². The lowest BCUT2D eigenvalue weighted by Crippen LogP contribution is -2.27. The standard InChI is InChI=1S/C29H34N2O3.C4H8O.C2H6/c1-18(2)17-31-24-15-14-22(30(6)27(32)20-8-9-20)16-23(24)25(26(31)28(33)34-7)19-10-12-21(13-11-19)29(3,4)5;1-3-4-5-2;1-2/h10-16,20H,1,8-9,17H2,2-7H3;3-4H,1-2H3;1-2H3/b;4-3+;. The number of amides is 1. The number of anilines is 1. The summed E-state index contributed by atoms with van der Waals surface area (Å²) < 4.78 is 11.7. The van der Waals surface area contributed by atoms with Gasteiger partial charge in [-0.05, 0) is 61.4 Å². The lowest BCUT2D eigenvalue weighted by atomic mass is 9.86. The van der Waals surface area contributed by atoms with Crippen molar-refractivity contribution in [2.24, 2.45) is 5.92 Å². The van der Waals surface area contributed by atoms with Gasteiger partial charge in [-0.15, -0.1) is 0 Å². The quantitative estimate of drug-likeness (QED) is 0.165. The zero-order valence-corrected chi connectivity index (χ0v) is 26.6. The van der Waals surface area contributed by atoms with Gasteiger partial charge in [0.05, 0.1) is 20.5 Å².